The predicted molar refractivity (Wildman–Crippen MR) is 67.1 cm³/mol. The lowest BCUT2D eigenvalue weighted by atomic mass is 10.2. The van der Waals surface area contributed by atoms with E-state index in [-0.39, 0.29) is 39.4 Å². The van der Waals surface area contributed by atoms with Gasteiger partial charge >= 0.3 is 12.0 Å². The van der Waals surface area contributed by atoms with E-state index in [9.17, 15) is 14.4 Å². The Bertz CT molecular complexity index is 375. The van der Waals surface area contributed by atoms with Crippen molar-refractivity contribution >= 4 is 17.9 Å². The first-order chi connectivity index (χ1) is 9.51. The molecule has 1 atom stereocenters. The largest absolute Gasteiger partial charge is 0.480 e. The second-order valence-corrected chi connectivity index (χ2v) is 4.27. The van der Waals surface area contributed by atoms with Gasteiger partial charge in [-0.3, -0.25) is 9.69 Å². The van der Waals surface area contributed by atoms with E-state index in [1.807, 2.05) is 0 Å². The molecule has 0 aliphatic carbocycles. The Morgan fingerprint density at radius 2 is 2.20 bits per heavy atom. The second kappa shape index (κ2) is 7.65. The zero-order valence-electron chi connectivity index (χ0n) is 11.2. The highest BCUT2D eigenvalue weighted by atomic mass is 16.5. The molecule has 1 saturated heterocycles. The molecule has 9 nitrogen and oxygen atoms in total. The summed E-state index contributed by atoms with van der Waals surface area (Å²) in [5.41, 5.74) is 0. The van der Waals surface area contributed by atoms with Crippen molar-refractivity contribution in [3.8, 4) is 0 Å². The van der Waals surface area contributed by atoms with Gasteiger partial charge in [0.2, 0.25) is 5.91 Å². The van der Waals surface area contributed by atoms with Crippen molar-refractivity contribution in [1.82, 2.24) is 15.1 Å². The van der Waals surface area contributed by atoms with Crippen LogP contribution in [0, 0.1) is 0 Å². The summed E-state index contributed by atoms with van der Waals surface area (Å²) in [6.45, 7) is -0.189. The van der Waals surface area contributed by atoms with Crippen LogP contribution in [0.2, 0.25) is 0 Å². The number of aliphatic carboxylic acids is 1. The Balaban J connectivity index is 2.81. The van der Waals surface area contributed by atoms with Gasteiger partial charge in [-0.25, -0.2) is 9.59 Å². The number of urea groups is 1. The van der Waals surface area contributed by atoms with Crippen molar-refractivity contribution in [3.63, 3.8) is 0 Å². The standard InChI is InChI=1S/C11H19N3O6/c1-20-5-3-13(2-4-15)11(19)14-7-9(16)12-6-8(14)10(17)18/h8,15H,2-7H2,1H3,(H,12,16)(H,17,18). The van der Waals surface area contributed by atoms with Crippen molar-refractivity contribution in [2.75, 3.05) is 46.5 Å². The van der Waals surface area contributed by atoms with Crippen LogP contribution in [0.5, 0.6) is 0 Å². The highest BCUT2D eigenvalue weighted by molar-refractivity contribution is 5.90. The number of aliphatic hydroxyl groups excluding tert-OH is 1. The Kier molecular flexibility index (Phi) is 6.19. The minimum Gasteiger partial charge on any atom is -0.480 e. The molecule has 1 rings (SSSR count). The maximum atomic E-state index is 12.3. The average Bonchev–Trinajstić information content (AvgIpc) is 2.42. The third kappa shape index (κ3) is 4.07. The lowest BCUT2D eigenvalue weighted by molar-refractivity contribution is -0.144. The highest BCUT2D eigenvalue weighted by Crippen LogP contribution is 2.09. The van der Waals surface area contributed by atoms with Crippen LogP contribution in [0.4, 0.5) is 4.79 Å². The number of rotatable bonds is 6. The zero-order valence-corrected chi connectivity index (χ0v) is 11.2. The lowest BCUT2D eigenvalue weighted by Crippen LogP contribution is -2.62. The maximum absolute atomic E-state index is 12.3. The van der Waals surface area contributed by atoms with Gasteiger partial charge in [0.1, 0.15) is 12.6 Å². The number of hydrogen-bond donors (Lipinski definition) is 3. The summed E-state index contributed by atoms with van der Waals surface area (Å²) in [6.07, 6.45) is 0. The molecule has 1 fully saturated rings. The Morgan fingerprint density at radius 3 is 2.75 bits per heavy atom. The number of carbonyl (C=O) groups excluding carboxylic acids is 2. The van der Waals surface area contributed by atoms with E-state index in [4.69, 9.17) is 14.9 Å². The van der Waals surface area contributed by atoms with Gasteiger partial charge in [0.05, 0.1) is 13.2 Å². The van der Waals surface area contributed by atoms with Crippen molar-refractivity contribution in [2.45, 2.75) is 6.04 Å². The summed E-state index contributed by atoms with van der Waals surface area (Å²) < 4.78 is 4.86. The van der Waals surface area contributed by atoms with Crippen molar-refractivity contribution < 1.29 is 29.3 Å². The van der Waals surface area contributed by atoms with E-state index >= 15 is 0 Å². The first-order valence-electron chi connectivity index (χ1n) is 6.16. The molecule has 0 aromatic rings. The first-order valence-corrected chi connectivity index (χ1v) is 6.16. The van der Waals surface area contributed by atoms with E-state index in [2.05, 4.69) is 5.32 Å². The van der Waals surface area contributed by atoms with E-state index in [1.165, 1.54) is 12.0 Å². The van der Waals surface area contributed by atoms with Crippen LogP contribution in [-0.2, 0) is 14.3 Å². The van der Waals surface area contributed by atoms with Crippen molar-refractivity contribution in [3.05, 3.63) is 0 Å². The number of aliphatic hydroxyl groups is 1. The summed E-state index contributed by atoms with van der Waals surface area (Å²) in [5.74, 6) is -1.60. The number of nitrogens with one attached hydrogen (secondary N) is 1. The molecule has 3 amide bonds. The molecule has 1 unspecified atom stereocenters. The number of piperazine rings is 1. The minimum atomic E-state index is -1.19. The highest BCUT2D eigenvalue weighted by Gasteiger charge is 2.37. The number of carboxylic acids is 1. The normalized spacial score (nSPS) is 18.6. The molecule has 20 heavy (non-hydrogen) atoms. The molecule has 3 N–H and O–H groups in total. The lowest BCUT2D eigenvalue weighted by Gasteiger charge is -2.36. The number of ether oxygens (including phenoxy) is 1. The Labute approximate surface area is 116 Å². The molecule has 114 valence electrons. The second-order valence-electron chi connectivity index (χ2n) is 4.27. The molecule has 0 saturated carbocycles. The minimum absolute atomic E-state index is 0.0483. The molecule has 0 radical (unpaired) electrons. The van der Waals surface area contributed by atoms with Gasteiger partial charge < -0.3 is 25.2 Å². The third-order valence-electron chi connectivity index (χ3n) is 2.92. The van der Waals surface area contributed by atoms with Gasteiger partial charge in [-0.1, -0.05) is 0 Å². The fourth-order valence-electron chi connectivity index (χ4n) is 1.87. The third-order valence-corrected chi connectivity index (χ3v) is 2.92. The summed E-state index contributed by atoms with van der Waals surface area (Å²) in [4.78, 5) is 37.0. The molecule has 0 bridgehead atoms. The van der Waals surface area contributed by atoms with E-state index in [0.717, 1.165) is 4.90 Å². The molecule has 9 heteroatoms. The smallest absolute Gasteiger partial charge is 0.328 e. The average molecular weight is 289 g/mol. The number of carboxylic acid groups (broad SMARTS) is 1. The molecular weight excluding hydrogens is 270 g/mol. The van der Waals surface area contributed by atoms with E-state index in [1.54, 1.807) is 0 Å². The first kappa shape index (κ1) is 16.2. The Morgan fingerprint density at radius 1 is 1.50 bits per heavy atom. The quantitative estimate of drug-likeness (QED) is 0.517. The molecule has 1 aliphatic heterocycles. The van der Waals surface area contributed by atoms with Crippen LogP contribution in [0.15, 0.2) is 0 Å². The summed E-state index contributed by atoms with van der Waals surface area (Å²) >= 11 is 0. The molecule has 1 aliphatic rings. The Hall–Kier alpha value is -1.87. The van der Waals surface area contributed by atoms with Gasteiger partial charge in [0.15, 0.2) is 0 Å². The van der Waals surface area contributed by atoms with Crippen LogP contribution in [0.1, 0.15) is 0 Å². The molecular formula is C11H19N3O6. The summed E-state index contributed by atoms with van der Waals surface area (Å²) in [5, 5.41) is 20.5. The fourth-order valence-corrected chi connectivity index (χ4v) is 1.87. The molecule has 0 spiro atoms. The van der Waals surface area contributed by atoms with Crippen LogP contribution in [0.3, 0.4) is 0 Å². The monoisotopic (exact) mass is 289 g/mol. The number of nitrogens with zero attached hydrogens (tertiary/aromatic N) is 2. The maximum Gasteiger partial charge on any atom is 0.328 e. The number of hydrogen-bond acceptors (Lipinski definition) is 5. The van der Waals surface area contributed by atoms with E-state index in [0.29, 0.717) is 0 Å². The van der Waals surface area contributed by atoms with Crippen LogP contribution >= 0.6 is 0 Å². The number of methoxy groups -OCH3 is 1. The van der Waals surface area contributed by atoms with Crippen molar-refractivity contribution in [2.24, 2.45) is 0 Å². The van der Waals surface area contributed by atoms with Gasteiger partial charge in [-0.15, -0.1) is 0 Å². The SMILES string of the molecule is COCCN(CCO)C(=O)N1CC(=O)NCC1C(=O)O. The van der Waals surface area contributed by atoms with Gasteiger partial charge in [0, 0.05) is 26.7 Å². The molecule has 0 aromatic heterocycles. The van der Waals surface area contributed by atoms with Gasteiger partial charge in [-0.05, 0) is 0 Å². The van der Waals surface area contributed by atoms with Crippen molar-refractivity contribution in [1.29, 1.82) is 0 Å². The molecule has 1 heterocycles. The zero-order chi connectivity index (χ0) is 15.1. The van der Waals surface area contributed by atoms with Gasteiger partial charge in [0.25, 0.3) is 0 Å². The van der Waals surface area contributed by atoms with E-state index < -0.39 is 23.9 Å². The van der Waals surface area contributed by atoms with Crippen LogP contribution in [-0.4, -0.2) is 90.5 Å². The predicted octanol–water partition coefficient (Wildman–Crippen LogP) is -2.07. The molecule has 0 aromatic carbocycles. The summed E-state index contributed by atoms with van der Waals surface area (Å²) in [7, 11) is 1.47. The van der Waals surface area contributed by atoms with Crippen LogP contribution < -0.4 is 5.32 Å². The van der Waals surface area contributed by atoms with Gasteiger partial charge in [-0.2, -0.15) is 0 Å². The van der Waals surface area contributed by atoms with Crippen LogP contribution in [0.25, 0.3) is 0 Å². The number of carbonyl (C=O) groups is 3. The summed E-state index contributed by atoms with van der Waals surface area (Å²) in [6, 6.07) is -1.71. The topological polar surface area (TPSA) is 119 Å². The number of amides is 3. The fraction of sp³-hybridized carbons (Fsp3) is 0.727.